The van der Waals surface area contributed by atoms with Crippen LogP contribution in [0.3, 0.4) is 0 Å². The van der Waals surface area contributed by atoms with Crippen LogP contribution in [-0.4, -0.2) is 37.0 Å². The number of aromatic nitrogens is 2. The van der Waals surface area contributed by atoms with Crippen molar-refractivity contribution >= 4 is 0 Å². The number of rotatable bonds is 4. The fourth-order valence-corrected chi connectivity index (χ4v) is 1.49. The quantitative estimate of drug-likeness (QED) is 0.754. The number of likely N-dealkylation sites (N-methyl/N-ethyl adjacent to an activating group) is 1. The number of nitrogens with one attached hydrogen (secondary N) is 1. The topological polar surface area (TPSA) is 60.2 Å². The molecular weight excluding hydrogens is 182 g/mol. The number of hydrogen-bond donors (Lipinski definition) is 1. The molecule has 0 saturated carbocycles. The zero-order chi connectivity index (χ0) is 9.80. The first-order valence-electron chi connectivity index (χ1n) is 4.95. The van der Waals surface area contributed by atoms with Crippen molar-refractivity contribution in [1.82, 2.24) is 15.5 Å². The molecule has 2 rings (SSSR count). The monoisotopic (exact) mass is 197 g/mol. The minimum absolute atomic E-state index is 0.311. The van der Waals surface area contributed by atoms with Crippen LogP contribution >= 0.6 is 0 Å². The molecule has 0 amide bonds. The van der Waals surface area contributed by atoms with Crippen molar-refractivity contribution in [3.05, 3.63) is 11.8 Å². The lowest BCUT2D eigenvalue weighted by atomic mass is 10.1. The summed E-state index contributed by atoms with van der Waals surface area (Å²) < 4.78 is 10.8. The predicted octanol–water partition coefficient (Wildman–Crippen LogP) is 0.335. The van der Waals surface area contributed by atoms with Crippen LogP contribution in [0.5, 0.6) is 0 Å². The van der Waals surface area contributed by atoms with E-state index < -0.39 is 0 Å². The summed E-state index contributed by atoms with van der Waals surface area (Å²) in [7, 11) is 1.90. The molecule has 1 atom stereocenters. The second-order valence-corrected chi connectivity index (χ2v) is 3.45. The SMILES string of the molecule is CNCCc1nnc(C2CCOC2)o1. The lowest BCUT2D eigenvalue weighted by Gasteiger charge is -1.98. The van der Waals surface area contributed by atoms with Crippen LogP contribution in [0.2, 0.25) is 0 Å². The Bertz CT molecular complexity index is 281. The maximum Gasteiger partial charge on any atom is 0.222 e. The highest BCUT2D eigenvalue weighted by Crippen LogP contribution is 2.23. The van der Waals surface area contributed by atoms with Crippen LogP contribution in [0.4, 0.5) is 0 Å². The fraction of sp³-hybridized carbons (Fsp3) is 0.778. The number of nitrogens with zero attached hydrogens (tertiary/aromatic N) is 2. The van der Waals surface area contributed by atoms with Crippen molar-refractivity contribution in [2.24, 2.45) is 0 Å². The van der Waals surface area contributed by atoms with E-state index in [0.29, 0.717) is 18.4 Å². The lowest BCUT2D eigenvalue weighted by molar-refractivity contribution is 0.190. The second kappa shape index (κ2) is 4.52. The average Bonchev–Trinajstić information content (AvgIpc) is 2.85. The summed E-state index contributed by atoms with van der Waals surface area (Å²) in [5.74, 6) is 1.75. The average molecular weight is 197 g/mol. The van der Waals surface area contributed by atoms with Crippen molar-refractivity contribution in [2.45, 2.75) is 18.8 Å². The Morgan fingerprint density at radius 1 is 1.50 bits per heavy atom. The van der Waals surface area contributed by atoms with Gasteiger partial charge in [0.15, 0.2) is 0 Å². The zero-order valence-electron chi connectivity index (χ0n) is 8.32. The van der Waals surface area contributed by atoms with Crippen molar-refractivity contribution in [3.8, 4) is 0 Å². The summed E-state index contributed by atoms with van der Waals surface area (Å²) in [5, 5.41) is 11.1. The van der Waals surface area contributed by atoms with Crippen LogP contribution in [0.1, 0.15) is 24.1 Å². The number of ether oxygens (including phenoxy) is 1. The van der Waals surface area contributed by atoms with Crippen LogP contribution < -0.4 is 5.32 Å². The van der Waals surface area contributed by atoms with Gasteiger partial charge in [-0.3, -0.25) is 0 Å². The standard InChI is InChI=1S/C9H15N3O2/c1-10-4-2-8-11-12-9(14-8)7-3-5-13-6-7/h7,10H,2-6H2,1H3. The third kappa shape index (κ3) is 2.10. The van der Waals surface area contributed by atoms with E-state index in [1.807, 2.05) is 7.05 Å². The summed E-state index contributed by atoms with van der Waals surface area (Å²) >= 11 is 0. The molecule has 0 bridgehead atoms. The molecule has 1 saturated heterocycles. The normalized spacial score (nSPS) is 21.6. The van der Waals surface area contributed by atoms with Gasteiger partial charge in [0.05, 0.1) is 12.5 Å². The van der Waals surface area contributed by atoms with Crippen LogP contribution in [0.25, 0.3) is 0 Å². The molecule has 78 valence electrons. The summed E-state index contributed by atoms with van der Waals surface area (Å²) in [6.07, 6.45) is 1.78. The van der Waals surface area contributed by atoms with Gasteiger partial charge in [-0.05, 0) is 13.5 Å². The molecule has 0 aliphatic carbocycles. The molecule has 1 unspecified atom stereocenters. The first-order chi connectivity index (χ1) is 6.90. The van der Waals surface area contributed by atoms with Gasteiger partial charge < -0.3 is 14.5 Å². The summed E-state index contributed by atoms with van der Waals surface area (Å²) in [6.45, 7) is 2.38. The van der Waals surface area contributed by atoms with Gasteiger partial charge in [-0.15, -0.1) is 10.2 Å². The molecular formula is C9H15N3O2. The first kappa shape index (κ1) is 9.61. The Hall–Kier alpha value is -0.940. The van der Waals surface area contributed by atoms with Crippen molar-refractivity contribution < 1.29 is 9.15 Å². The molecule has 1 aliphatic heterocycles. The van der Waals surface area contributed by atoms with Gasteiger partial charge in [0.1, 0.15) is 0 Å². The largest absolute Gasteiger partial charge is 0.425 e. The van der Waals surface area contributed by atoms with Crippen LogP contribution in [0, 0.1) is 0 Å². The molecule has 5 heteroatoms. The maximum absolute atomic E-state index is 5.53. The van der Waals surface area contributed by atoms with Crippen molar-refractivity contribution in [2.75, 3.05) is 26.8 Å². The highest BCUT2D eigenvalue weighted by atomic mass is 16.5. The summed E-state index contributed by atoms with van der Waals surface area (Å²) in [6, 6.07) is 0. The highest BCUT2D eigenvalue weighted by molar-refractivity contribution is 4.93. The Kier molecular flexibility index (Phi) is 3.10. The van der Waals surface area contributed by atoms with Crippen LogP contribution in [-0.2, 0) is 11.2 Å². The van der Waals surface area contributed by atoms with E-state index in [2.05, 4.69) is 15.5 Å². The Morgan fingerprint density at radius 3 is 3.14 bits per heavy atom. The third-order valence-electron chi connectivity index (χ3n) is 2.35. The third-order valence-corrected chi connectivity index (χ3v) is 2.35. The minimum Gasteiger partial charge on any atom is -0.425 e. The van der Waals surface area contributed by atoms with Gasteiger partial charge in [-0.25, -0.2) is 0 Å². The molecule has 2 heterocycles. The molecule has 1 aromatic heterocycles. The van der Waals surface area contributed by atoms with Gasteiger partial charge in [-0.1, -0.05) is 0 Å². The fourth-order valence-electron chi connectivity index (χ4n) is 1.49. The second-order valence-electron chi connectivity index (χ2n) is 3.45. The van der Waals surface area contributed by atoms with Gasteiger partial charge in [0, 0.05) is 19.6 Å². The Balaban J connectivity index is 1.94. The van der Waals surface area contributed by atoms with Crippen LogP contribution in [0.15, 0.2) is 4.42 Å². The van der Waals surface area contributed by atoms with E-state index in [1.165, 1.54) is 0 Å². The van der Waals surface area contributed by atoms with Crippen molar-refractivity contribution in [3.63, 3.8) is 0 Å². The van der Waals surface area contributed by atoms with E-state index in [4.69, 9.17) is 9.15 Å². The zero-order valence-corrected chi connectivity index (χ0v) is 8.32. The highest BCUT2D eigenvalue weighted by Gasteiger charge is 2.23. The first-order valence-corrected chi connectivity index (χ1v) is 4.95. The summed E-state index contributed by atoms with van der Waals surface area (Å²) in [4.78, 5) is 0. The smallest absolute Gasteiger partial charge is 0.222 e. The van der Waals surface area contributed by atoms with Gasteiger partial charge in [0.2, 0.25) is 11.8 Å². The van der Waals surface area contributed by atoms with E-state index in [1.54, 1.807) is 0 Å². The molecule has 1 aliphatic rings. The van der Waals surface area contributed by atoms with Gasteiger partial charge in [-0.2, -0.15) is 0 Å². The molecule has 14 heavy (non-hydrogen) atoms. The molecule has 0 radical (unpaired) electrons. The Morgan fingerprint density at radius 2 is 2.43 bits per heavy atom. The molecule has 1 fully saturated rings. The van der Waals surface area contributed by atoms with Gasteiger partial charge in [0.25, 0.3) is 0 Å². The molecule has 0 spiro atoms. The molecule has 1 N–H and O–H groups in total. The lowest BCUT2D eigenvalue weighted by Crippen LogP contribution is -2.10. The van der Waals surface area contributed by atoms with E-state index in [9.17, 15) is 0 Å². The molecule has 0 aromatic carbocycles. The maximum atomic E-state index is 5.53. The molecule has 1 aromatic rings. The van der Waals surface area contributed by atoms with E-state index in [-0.39, 0.29) is 0 Å². The predicted molar refractivity (Wildman–Crippen MR) is 50.1 cm³/mol. The summed E-state index contributed by atoms with van der Waals surface area (Å²) in [5.41, 5.74) is 0. The molecule has 5 nitrogen and oxygen atoms in total. The van der Waals surface area contributed by atoms with Gasteiger partial charge >= 0.3 is 0 Å². The minimum atomic E-state index is 0.311. The Labute approximate surface area is 82.8 Å². The van der Waals surface area contributed by atoms with Crippen molar-refractivity contribution in [1.29, 1.82) is 0 Å². The number of hydrogen-bond acceptors (Lipinski definition) is 5. The van der Waals surface area contributed by atoms with E-state index in [0.717, 1.165) is 31.9 Å². The van der Waals surface area contributed by atoms with E-state index >= 15 is 0 Å².